The van der Waals surface area contributed by atoms with E-state index in [1.165, 1.54) is 17.9 Å². The van der Waals surface area contributed by atoms with E-state index >= 15 is 0 Å². The van der Waals surface area contributed by atoms with Gasteiger partial charge in [-0.2, -0.15) is 0 Å². The average molecular weight is 257 g/mol. The number of carbonyl (C=O) groups is 1. The number of benzene rings is 2. The van der Waals surface area contributed by atoms with E-state index in [9.17, 15) is 4.79 Å². The normalized spacial score (nSPS) is 12.6. The molecule has 0 saturated heterocycles. The summed E-state index contributed by atoms with van der Waals surface area (Å²) < 4.78 is 4.80. The molecule has 0 radical (unpaired) electrons. The second-order valence-electron chi connectivity index (χ2n) is 4.83. The zero-order valence-electron chi connectivity index (χ0n) is 11.6. The summed E-state index contributed by atoms with van der Waals surface area (Å²) in [5.74, 6) is -0.188. The minimum absolute atomic E-state index is 0.0264. The van der Waals surface area contributed by atoms with E-state index in [-0.39, 0.29) is 12.0 Å². The molecule has 1 atom stereocenters. The van der Waals surface area contributed by atoms with Crippen molar-refractivity contribution in [1.82, 2.24) is 4.90 Å². The summed E-state index contributed by atoms with van der Waals surface area (Å²) in [7, 11) is 5.39. The minimum Gasteiger partial charge on any atom is -0.469 e. The van der Waals surface area contributed by atoms with Crippen molar-refractivity contribution in [1.29, 1.82) is 0 Å². The molecule has 2 rings (SSSR count). The fourth-order valence-corrected chi connectivity index (χ4v) is 2.35. The van der Waals surface area contributed by atoms with Crippen molar-refractivity contribution in [3.8, 4) is 0 Å². The summed E-state index contributed by atoms with van der Waals surface area (Å²) in [5.41, 5.74) is 1.16. The summed E-state index contributed by atoms with van der Waals surface area (Å²) in [4.78, 5) is 13.6. The number of ether oxygens (including phenoxy) is 1. The third-order valence-electron chi connectivity index (χ3n) is 3.39. The van der Waals surface area contributed by atoms with Crippen LogP contribution >= 0.6 is 0 Å². The van der Waals surface area contributed by atoms with Gasteiger partial charge in [0, 0.05) is 6.04 Å². The molecule has 0 aromatic heterocycles. The highest BCUT2D eigenvalue weighted by molar-refractivity contribution is 5.86. The van der Waals surface area contributed by atoms with Crippen molar-refractivity contribution in [2.24, 2.45) is 0 Å². The van der Waals surface area contributed by atoms with Gasteiger partial charge in [0.15, 0.2) is 0 Å². The molecule has 100 valence electrons. The molecule has 0 heterocycles. The average Bonchev–Trinajstić information content (AvgIpc) is 2.43. The second kappa shape index (κ2) is 5.85. The van der Waals surface area contributed by atoms with E-state index in [0.29, 0.717) is 6.42 Å². The molecule has 0 spiro atoms. The van der Waals surface area contributed by atoms with Crippen molar-refractivity contribution in [3.63, 3.8) is 0 Å². The Balaban J connectivity index is 2.47. The molecule has 3 nitrogen and oxygen atoms in total. The Morgan fingerprint density at radius 3 is 2.53 bits per heavy atom. The van der Waals surface area contributed by atoms with Crippen LogP contribution in [-0.4, -0.2) is 32.1 Å². The molecule has 0 fully saturated rings. The fourth-order valence-electron chi connectivity index (χ4n) is 2.35. The molecule has 3 heteroatoms. The molecule has 0 saturated carbocycles. The monoisotopic (exact) mass is 257 g/mol. The van der Waals surface area contributed by atoms with E-state index in [2.05, 4.69) is 29.2 Å². The molecule has 0 aliphatic rings. The van der Waals surface area contributed by atoms with Gasteiger partial charge in [0.05, 0.1) is 13.5 Å². The highest BCUT2D eigenvalue weighted by Crippen LogP contribution is 2.29. The number of esters is 1. The van der Waals surface area contributed by atoms with Gasteiger partial charge in [-0.3, -0.25) is 4.79 Å². The first kappa shape index (κ1) is 13.6. The first-order chi connectivity index (χ1) is 9.13. The van der Waals surface area contributed by atoms with Crippen LogP contribution in [0.3, 0.4) is 0 Å². The molecule has 19 heavy (non-hydrogen) atoms. The molecule has 0 aliphatic heterocycles. The SMILES string of the molecule is COC(=O)CC(c1cccc2ccccc12)N(C)C. The zero-order chi connectivity index (χ0) is 13.8. The Labute approximate surface area is 113 Å². The van der Waals surface area contributed by atoms with E-state index in [1.54, 1.807) is 0 Å². The lowest BCUT2D eigenvalue weighted by molar-refractivity contribution is -0.141. The summed E-state index contributed by atoms with van der Waals surface area (Å²) in [6, 6.07) is 14.5. The van der Waals surface area contributed by atoms with Gasteiger partial charge in [0.1, 0.15) is 0 Å². The predicted octanol–water partition coefficient (Wildman–Crippen LogP) is 3.01. The van der Waals surface area contributed by atoms with Crippen LogP contribution in [0.1, 0.15) is 18.0 Å². The van der Waals surface area contributed by atoms with Crippen molar-refractivity contribution in [2.75, 3.05) is 21.2 Å². The van der Waals surface area contributed by atoms with Crippen molar-refractivity contribution in [3.05, 3.63) is 48.0 Å². The van der Waals surface area contributed by atoms with Gasteiger partial charge >= 0.3 is 5.97 Å². The number of carbonyl (C=O) groups excluding carboxylic acids is 1. The van der Waals surface area contributed by atoms with Gasteiger partial charge in [-0.15, -0.1) is 0 Å². The topological polar surface area (TPSA) is 29.5 Å². The molecular weight excluding hydrogens is 238 g/mol. The number of hydrogen-bond donors (Lipinski definition) is 0. The largest absolute Gasteiger partial charge is 0.469 e. The van der Waals surface area contributed by atoms with Crippen LogP contribution in [0.4, 0.5) is 0 Å². The summed E-state index contributed by atoms with van der Waals surface area (Å²) in [5, 5.41) is 2.38. The number of methoxy groups -OCH3 is 1. The van der Waals surface area contributed by atoms with Crippen LogP contribution in [0, 0.1) is 0 Å². The number of nitrogens with zero attached hydrogens (tertiary/aromatic N) is 1. The maximum absolute atomic E-state index is 11.6. The highest BCUT2D eigenvalue weighted by atomic mass is 16.5. The third kappa shape index (κ3) is 2.93. The highest BCUT2D eigenvalue weighted by Gasteiger charge is 2.20. The minimum atomic E-state index is -0.188. The lowest BCUT2D eigenvalue weighted by Crippen LogP contribution is -2.23. The standard InChI is InChI=1S/C16H19NO2/c1-17(2)15(11-16(18)19-3)14-10-6-8-12-7-4-5-9-13(12)14/h4-10,15H,11H2,1-3H3. The van der Waals surface area contributed by atoms with Gasteiger partial charge in [-0.1, -0.05) is 42.5 Å². The van der Waals surface area contributed by atoms with E-state index in [0.717, 1.165) is 5.56 Å². The van der Waals surface area contributed by atoms with Crippen LogP contribution in [0.25, 0.3) is 10.8 Å². The Bertz CT molecular complexity index is 572. The van der Waals surface area contributed by atoms with Gasteiger partial charge in [-0.25, -0.2) is 0 Å². The van der Waals surface area contributed by atoms with Gasteiger partial charge in [0.2, 0.25) is 0 Å². The molecule has 0 aliphatic carbocycles. The molecule has 1 unspecified atom stereocenters. The molecular formula is C16H19NO2. The Hall–Kier alpha value is -1.87. The second-order valence-corrected chi connectivity index (χ2v) is 4.83. The van der Waals surface area contributed by atoms with Crippen LogP contribution in [0.5, 0.6) is 0 Å². The Kier molecular flexibility index (Phi) is 4.17. The summed E-state index contributed by atoms with van der Waals surface area (Å²) in [6.07, 6.45) is 0.359. The lowest BCUT2D eigenvalue weighted by Gasteiger charge is -2.25. The molecule has 2 aromatic carbocycles. The van der Waals surface area contributed by atoms with Crippen LogP contribution in [0.15, 0.2) is 42.5 Å². The lowest BCUT2D eigenvalue weighted by atomic mass is 9.96. The number of rotatable bonds is 4. The van der Waals surface area contributed by atoms with Gasteiger partial charge in [0.25, 0.3) is 0 Å². The Morgan fingerprint density at radius 2 is 1.84 bits per heavy atom. The summed E-state index contributed by atoms with van der Waals surface area (Å²) in [6.45, 7) is 0. The first-order valence-electron chi connectivity index (χ1n) is 6.34. The van der Waals surface area contributed by atoms with Crippen molar-refractivity contribution < 1.29 is 9.53 Å². The maximum Gasteiger partial charge on any atom is 0.307 e. The smallest absolute Gasteiger partial charge is 0.307 e. The van der Waals surface area contributed by atoms with E-state index in [4.69, 9.17) is 4.74 Å². The Morgan fingerprint density at radius 1 is 1.16 bits per heavy atom. The zero-order valence-corrected chi connectivity index (χ0v) is 11.6. The first-order valence-corrected chi connectivity index (χ1v) is 6.34. The van der Waals surface area contributed by atoms with Crippen molar-refractivity contribution in [2.45, 2.75) is 12.5 Å². The van der Waals surface area contributed by atoms with Gasteiger partial charge in [-0.05, 0) is 30.4 Å². The maximum atomic E-state index is 11.6. The molecule has 0 amide bonds. The number of hydrogen-bond acceptors (Lipinski definition) is 3. The predicted molar refractivity (Wildman–Crippen MR) is 77.0 cm³/mol. The summed E-state index contributed by atoms with van der Waals surface area (Å²) >= 11 is 0. The van der Waals surface area contributed by atoms with E-state index in [1.807, 2.05) is 32.3 Å². The van der Waals surface area contributed by atoms with E-state index < -0.39 is 0 Å². The third-order valence-corrected chi connectivity index (χ3v) is 3.39. The fraction of sp³-hybridized carbons (Fsp3) is 0.312. The molecule has 0 bridgehead atoms. The van der Waals surface area contributed by atoms with Crippen LogP contribution in [-0.2, 0) is 9.53 Å². The molecule has 0 N–H and O–H groups in total. The number of fused-ring (bicyclic) bond motifs is 1. The van der Waals surface area contributed by atoms with Crippen LogP contribution < -0.4 is 0 Å². The van der Waals surface area contributed by atoms with Gasteiger partial charge < -0.3 is 9.64 Å². The van der Waals surface area contributed by atoms with Crippen molar-refractivity contribution >= 4 is 16.7 Å². The quantitative estimate of drug-likeness (QED) is 0.789. The van der Waals surface area contributed by atoms with Crippen LogP contribution in [0.2, 0.25) is 0 Å². The molecule has 2 aromatic rings.